The van der Waals surface area contributed by atoms with Gasteiger partial charge in [-0.05, 0) is 51.3 Å². The molecule has 1 radical (unpaired) electrons. The van der Waals surface area contributed by atoms with Gasteiger partial charge in [0.05, 0.1) is 12.1 Å². The number of nitrogens with zero attached hydrogens (tertiary/aromatic N) is 2. The normalized spacial score (nSPS) is 15.8. The lowest BCUT2D eigenvalue weighted by atomic mass is 10.1. The van der Waals surface area contributed by atoms with E-state index in [9.17, 15) is 13.2 Å². The first-order valence-corrected chi connectivity index (χ1v) is 7.86. The number of benzene rings is 1. The molecule has 0 atom stereocenters. The zero-order valence-corrected chi connectivity index (χ0v) is 14.3. The molecule has 1 aliphatic heterocycles. The standard InChI is InChI=1S/C17H19ClF3N2O/c1-22(2)9-6-10-23-12-13(17(19,20)21)11-15(18)16(23)24-14-7-4-3-5-8-14/h4-5,7-8,11H,6,9-10,12H2,1-2H3. The Labute approximate surface area is 144 Å². The molecular weight excluding hydrogens is 341 g/mol. The van der Waals surface area contributed by atoms with Gasteiger partial charge in [0, 0.05) is 6.54 Å². The Morgan fingerprint density at radius 1 is 1.29 bits per heavy atom. The molecule has 0 aliphatic carbocycles. The van der Waals surface area contributed by atoms with E-state index in [4.69, 9.17) is 16.3 Å². The van der Waals surface area contributed by atoms with Crippen molar-refractivity contribution >= 4 is 11.6 Å². The van der Waals surface area contributed by atoms with Crippen LogP contribution in [-0.2, 0) is 0 Å². The summed E-state index contributed by atoms with van der Waals surface area (Å²) in [5.74, 6) is 0.748. The number of hydrogen-bond donors (Lipinski definition) is 0. The zero-order chi connectivity index (χ0) is 17.7. The molecule has 0 saturated carbocycles. The van der Waals surface area contributed by atoms with Crippen molar-refractivity contribution < 1.29 is 17.9 Å². The van der Waals surface area contributed by atoms with Crippen LogP contribution in [-0.4, -0.2) is 49.7 Å². The summed E-state index contributed by atoms with van der Waals surface area (Å²) in [6, 6.07) is 9.55. The van der Waals surface area contributed by atoms with Gasteiger partial charge in [-0.2, -0.15) is 13.2 Å². The van der Waals surface area contributed by atoms with Crippen molar-refractivity contribution in [3.63, 3.8) is 0 Å². The Bertz CT molecular complexity index is 612. The van der Waals surface area contributed by atoms with E-state index < -0.39 is 11.7 Å². The molecule has 1 aliphatic rings. The van der Waals surface area contributed by atoms with E-state index in [1.54, 1.807) is 24.3 Å². The summed E-state index contributed by atoms with van der Waals surface area (Å²) in [6.45, 7) is 0.893. The van der Waals surface area contributed by atoms with Crippen molar-refractivity contribution in [2.45, 2.75) is 12.6 Å². The monoisotopic (exact) mass is 359 g/mol. The fourth-order valence-corrected chi connectivity index (χ4v) is 2.57. The third kappa shape index (κ3) is 5.18. The summed E-state index contributed by atoms with van der Waals surface area (Å²) in [6.07, 6.45) is -2.78. The predicted octanol–water partition coefficient (Wildman–Crippen LogP) is 4.03. The Morgan fingerprint density at radius 3 is 2.54 bits per heavy atom. The van der Waals surface area contributed by atoms with Crippen LogP contribution >= 0.6 is 11.6 Å². The summed E-state index contributed by atoms with van der Waals surface area (Å²) < 4.78 is 44.9. The van der Waals surface area contributed by atoms with Crippen LogP contribution < -0.4 is 4.74 Å². The van der Waals surface area contributed by atoms with Crippen molar-refractivity contribution in [1.29, 1.82) is 0 Å². The van der Waals surface area contributed by atoms with Crippen LogP contribution in [0.15, 0.2) is 46.8 Å². The van der Waals surface area contributed by atoms with Gasteiger partial charge in [-0.25, -0.2) is 0 Å². The van der Waals surface area contributed by atoms with Crippen LogP contribution in [0.3, 0.4) is 0 Å². The zero-order valence-electron chi connectivity index (χ0n) is 13.5. The molecule has 1 aromatic carbocycles. The maximum atomic E-state index is 13.1. The maximum Gasteiger partial charge on any atom is 0.414 e. The predicted molar refractivity (Wildman–Crippen MR) is 87.7 cm³/mol. The number of allylic oxidation sites excluding steroid dienone is 2. The highest BCUT2D eigenvalue weighted by atomic mass is 35.5. The summed E-state index contributed by atoms with van der Waals surface area (Å²) in [5, 5.41) is -0.0498. The Balaban J connectivity index is 2.23. The van der Waals surface area contributed by atoms with Crippen molar-refractivity contribution in [2.75, 3.05) is 33.7 Å². The molecule has 0 bridgehead atoms. The fourth-order valence-electron chi connectivity index (χ4n) is 2.28. The van der Waals surface area contributed by atoms with Crippen LogP contribution in [0.25, 0.3) is 0 Å². The van der Waals surface area contributed by atoms with Gasteiger partial charge in [0.2, 0.25) is 5.88 Å². The summed E-state index contributed by atoms with van der Waals surface area (Å²) in [5.41, 5.74) is -0.675. The number of rotatable bonds is 6. The molecule has 1 heterocycles. The molecule has 7 heteroatoms. The molecule has 0 saturated heterocycles. The Hall–Kier alpha value is -1.66. The van der Waals surface area contributed by atoms with E-state index in [0.717, 1.165) is 12.6 Å². The van der Waals surface area contributed by atoms with Gasteiger partial charge in [-0.3, -0.25) is 0 Å². The Kier molecular flexibility index (Phi) is 6.18. The topological polar surface area (TPSA) is 15.7 Å². The second-order valence-electron chi connectivity index (χ2n) is 5.74. The van der Waals surface area contributed by atoms with Crippen molar-refractivity contribution in [3.05, 3.63) is 52.9 Å². The van der Waals surface area contributed by atoms with Gasteiger partial charge < -0.3 is 14.5 Å². The van der Waals surface area contributed by atoms with Crippen molar-refractivity contribution in [3.8, 4) is 5.75 Å². The minimum absolute atomic E-state index is 0.0498. The van der Waals surface area contributed by atoms with Gasteiger partial charge in [0.1, 0.15) is 10.8 Å². The highest BCUT2D eigenvalue weighted by Gasteiger charge is 2.38. The van der Waals surface area contributed by atoms with E-state index in [0.29, 0.717) is 18.7 Å². The third-order valence-corrected chi connectivity index (χ3v) is 3.72. The highest BCUT2D eigenvalue weighted by molar-refractivity contribution is 6.31. The molecule has 0 spiro atoms. The minimum Gasteiger partial charge on any atom is -0.440 e. The molecule has 131 valence electrons. The van der Waals surface area contributed by atoms with Crippen molar-refractivity contribution in [1.82, 2.24) is 9.80 Å². The lowest BCUT2D eigenvalue weighted by Crippen LogP contribution is -2.36. The van der Waals surface area contributed by atoms with Crippen LogP contribution in [0.1, 0.15) is 6.42 Å². The molecule has 1 aromatic rings. The largest absolute Gasteiger partial charge is 0.440 e. The van der Waals surface area contributed by atoms with Crippen LogP contribution in [0.2, 0.25) is 0 Å². The summed E-state index contributed by atoms with van der Waals surface area (Å²) in [7, 11) is 3.83. The number of halogens is 4. The second-order valence-corrected chi connectivity index (χ2v) is 6.14. The average Bonchev–Trinajstić information content (AvgIpc) is 2.50. The smallest absolute Gasteiger partial charge is 0.414 e. The molecule has 24 heavy (non-hydrogen) atoms. The van der Waals surface area contributed by atoms with Gasteiger partial charge in [0.15, 0.2) is 0 Å². The summed E-state index contributed by atoms with van der Waals surface area (Å²) >= 11 is 6.09. The fraction of sp³-hybridized carbons (Fsp3) is 0.412. The van der Waals surface area contributed by atoms with E-state index in [1.807, 2.05) is 19.0 Å². The number of hydrogen-bond acceptors (Lipinski definition) is 3. The molecular formula is C17H19ClF3N2O. The van der Waals surface area contributed by atoms with Gasteiger partial charge in [0.25, 0.3) is 0 Å². The van der Waals surface area contributed by atoms with Crippen LogP contribution in [0, 0.1) is 6.07 Å². The van der Waals surface area contributed by atoms with Gasteiger partial charge >= 0.3 is 6.18 Å². The average molecular weight is 360 g/mol. The van der Waals surface area contributed by atoms with E-state index in [2.05, 4.69) is 6.07 Å². The van der Waals surface area contributed by atoms with Gasteiger partial charge in [-0.15, -0.1) is 0 Å². The van der Waals surface area contributed by atoms with E-state index >= 15 is 0 Å². The molecule has 3 nitrogen and oxygen atoms in total. The summed E-state index contributed by atoms with van der Waals surface area (Å²) in [4.78, 5) is 3.51. The first-order chi connectivity index (χ1) is 11.3. The number of alkyl halides is 3. The van der Waals surface area contributed by atoms with Crippen LogP contribution in [0.5, 0.6) is 5.75 Å². The molecule has 0 N–H and O–H groups in total. The molecule has 0 fully saturated rings. The molecule has 0 aromatic heterocycles. The SMILES string of the molecule is CN(C)CCCN1CC(C(F)(F)F)=CC(Cl)=C1Oc1cc[c]cc1. The van der Waals surface area contributed by atoms with Crippen molar-refractivity contribution in [2.24, 2.45) is 0 Å². The quantitative estimate of drug-likeness (QED) is 0.762. The maximum absolute atomic E-state index is 13.1. The van der Waals surface area contributed by atoms with E-state index in [-0.39, 0.29) is 17.5 Å². The van der Waals surface area contributed by atoms with E-state index in [1.165, 1.54) is 4.90 Å². The Morgan fingerprint density at radius 2 is 1.96 bits per heavy atom. The third-order valence-electron chi connectivity index (χ3n) is 3.45. The lowest BCUT2D eigenvalue weighted by Gasteiger charge is -2.32. The van der Waals surface area contributed by atoms with Gasteiger partial charge in [-0.1, -0.05) is 23.7 Å². The molecule has 0 amide bonds. The minimum atomic E-state index is -4.41. The molecule has 2 rings (SSSR count). The first-order valence-electron chi connectivity index (χ1n) is 7.48. The molecule has 0 unspecified atom stereocenters. The lowest BCUT2D eigenvalue weighted by molar-refractivity contribution is -0.0963. The number of ether oxygens (including phenoxy) is 1. The second kappa shape index (κ2) is 7.94. The first kappa shape index (κ1) is 18.7. The van der Waals surface area contributed by atoms with Crippen LogP contribution in [0.4, 0.5) is 13.2 Å². The highest BCUT2D eigenvalue weighted by Crippen LogP contribution is 2.34.